The first-order chi connectivity index (χ1) is 10.2. The van der Waals surface area contributed by atoms with Gasteiger partial charge in [-0.25, -0.2) is 4.99 Å². The fourth-order valence-electron chi connectivity index (χ4n) is 2.02. The highest BCUT2D eigenvalue weighted by atomic mass is 35.5. The van der Waals surface area contributed by atoms with Gasteiger partial charge in [0.05, 0.1) is 22.8 Å². The normalized spacial score (nSPS) is 13.6. The van der Waals surface area contributed by atoms with Gasteiger partial charge in [0.25, 0.3) is 5.91 Å². The zero-order valence-electron chi connectivity index (χ0n) is 11.0. The first-order valence-corrected chi connectivity index (χ1v) is 6.82. The average Bonchev–Trinajstić information content (AvgIpc) is 2.63. The molecule has 0 bridgehead atoms. The lowest BCUT2D eigenvalue weighted by Crippen LogP contribution is -2.12. The number of carbonyl (C=O) groups excluding carboxylic acids is 1. The summed E-state index contributed by atoms with van der Waals surface area (Å²) < 4.78 is 5.77. The van der Waals surface area contributed by atoms with Gasteiger partial charge in [-0.3, -0.25) is 4.79 Å². The number of amidine groups is 1. The number of fused-ring (bicyclic) bond motifs is 2. The summed E-state index contributed by atoms with van der Waals surface area (Å²) in [4.78, 5) is 16.4. The van der Waals surface area contributed by atoms with Gasteiger partial charge in [0.2, 0.25) is 0 Å². The summed E-state index contributed by atoms with van der Waals surface area (Å²) in [7, 11) is 0. The van der Waals surface area contributed by atoms with Crippen LogP contribution in [-0.4, -0.2) is 17.6 Å². The number of hydrogen-bond donors (Lipinski definition) is 2. The van der Waals surface area contributed by atoms with Crippen LogP contribution in [0.1, 0.15) is 10.4 Å². The Morgan fingerprint density at radius 1 is 1.24 bits per heavy atom. The Hall–Kier alpha value is -2.53. The summed E-state index contributed by atoms with van der Waals surface area (Å²) in [6, 6.07) is 12.3. The van der Waals surface area contributed by atoms with E-state index >= 15 is 0 Å². The molecule has 5 nitrogen and oxygen atoms in total. The number of ether oxygens (including phenoxy) is 1. The SMILES string of the molecule is NC(CCl)=Nc1ccc2c(c1)C(=O)Nc1ccccc1O2. The van der Waals surface area contributed by atoms with Gasteiger partial charge in [0.15, 0.2) is 5.75 Å². The number of anilines is 1. The molecule has 2 aromatic rings. The Labute approximate surface area is 126 Å². The standard InChI is InChI=1S/C15H12ClN3O2/c16-8-14(17)18-9-5-6-12-10(7-9)15(20)19-11-3-1-2-4-13(11)21-12/h1-7H,8H2,(H2,17,18)(H,19,20). The van der Waals surface area contributed by atoms with Crippen molar-refractivity contribution in [3.8, 4) is 11.5 Å². The van der Waals surface area contributed by atoms with E-state index in [0.29, 0.717) is 28.4 Å². The van der Waals surface area contributed by atoms with E-state index in [-0.39, 0.29) is 17.6 Å². The van der Waals surface area contributed by atoms with Crippen molar-refractivity contribution in [2.45, 2.75) is 0 Å². The van der Waals surface area contributed by atoms with Crippen LogP contribution in [0, 0.1) is 0 Å². The zero-order chi connectivity index (χ0) is 14.8. The highest BCUT2D eigenvalue weighted by Gasteiger charge is 2.20. The lowest BCUT2D eigenvalue weighted by Gasteiger charge is -2.07. The van der Waals surface area contributed by atoms with Crippen LogP contribution in [0.25, 0.3) is 0 Å². The van der Waals surface area contributed by atoms with Gasteiger partial charge in [-0.15, -0.1) is 11.6 Å². The Bertz CT molecular complexity index is 743. The summed E-state index contributed by atoms with van der Waals surface area (Å²) in [5.41, 5.74) is 7.18. The summed E-state index contributed by atoms with van der Waals surface area (Å²) in [6.45, 7) is 0. The van der Waals surface area contributed by atoms with Crippen LogP contribution in [0.3, 0.4) is 0 Å². The molecule has 21 heavy (non-hydrogen) atoms. The molecule has 0 radical (unpaired) electrons. The summed E-state index contributed by atoms with van der Waals surface area (Å²) in [5.74, 6) is 1.24. The first-order valence-electron chi connectivity index (χ1n) is 6.28. The van der Waals surface area contributed by atoms with E-state index in [1.807, 2.05) is 12.1 Å². The van der Waals surface area contributed by atoms with Crippen LogP contribution in [0.5, 0.6) is 11.5 Å². The van der Waals surface area contributed by atoms with Crippen LogP contribution in [-0.2, 0) is 0 Å². The number of para-hydroxylation sites is 2. The van der Waals surface area contributed by atoms with Crippen molar-refractivity contribution >= 4 is 34.7 Å². The lowest BCUT2D eigenvalue weighted by atomic mass is 10.1. The molecular weight excluding hydrogens is 290 g/mol. The second kappa shape index (κ2) is 5.46. The average molecular weight is 302 g/mol. The third-order valence-corrected chi connectivity index (χ3v) is 3.25. The van der Waals surface area contributed by atoms with Crippen LogP contribution < -0.4 is 15.8 Å². The molecule has 0 unspecified atom stereocenters. The zero-order valence-corrected chi connectivity index (χ0v) is 11.7. The Kier molecular flexibility index (Phi) is 3.50. The number of benzene rings is 2. The van der Waals surface area contributed by atoms with Gasteiger partial charge < -0.3 is 15.8 Å². The summed E-state index contributed by atoms with van der Waals surface area (Å²) in [5, 5.41) is 2.80. The molecular formula is C15H12ClN3O2. The van der Waals surface area contributed by atoms with Gasteiger partial charge in [0, 0.05) is 0 Å². The topological polar surface area (TPSA) is 76.7 Å². The van der Waals surface area contributed by atoms with Gasteiger partial charge in [-0.1, -0.05) is 12.1 Å². The fourth-order valence-corrected chi connectivity index (χ4v) is 2.08. The van der Waals surface area contributed by atoms with Gasteiger partial charge in [0.1, 0.15) is 11.6 Å². The molecule has 1 aliphatic rings. The van der Waals surface area contributed by atoms with Crippen molar-refractivity contribution in [3.05, 3.63) is 48.0 Å². The highest BCUT2D eigenvalue weighted by Crippen LogP contribution is 2.36. The molecule has 0 saturated carbocycles. The quantitative estimate of drug-likeness (QED) is 0.508. The van der Waals surface area contributed by atoms with Crippen molar-refractivity contribution in [1.82, 2.24) is 0 Å². The molecule has 0 spiro atoms. The van der Waals surface area contributed by atoms with E-state index in [1.165, 1.54) is 0 Å². The third-order valence-electron chi connectivity index (χ3n) is 2.97. The van der Waals surface area contributed by atoms with E-state index in [2.05, 4.69) is 10.3 Å². The molecule has 1 amide bonds. The van der Waals surface area contributed by atoms with Crippen LogP contribution >= 0.6 is 11.6 Å². The van der Waals surface area contributed by atoms with Crippen LogP contribution in [0.15, 0.2) is 47.5 Å². The number of amides is 1. The Morgan fingerprint density at radius 2 is 2.05 bits per heavy atom. The second-order valence-electron chi connectivity index (χ2n) is 4.47. The van der Waals surface area contributed by atoms with Crippen LogP contribution in [0.2, 0.25) is 0 Å². The minimum Gasteiger partial charge on any atom is -0.454 e. The molecule has 106 valence electrons. The maximum Gasteiger partial charge on any atom is 0.259 e. The summed E-state index contributed by atoms with van der Waals surface area (Å²) >= 11 is 5.60. The van der Waals surface area contributed by atoms with E-state index in [9.17, 15) is 4.79 Å². The van der Waals surface area contributed by atoms with Crippen LogP contribution in [0.4, 0.5) is 11.4 Å². The van der Waals surface area contributed by atoms with Crippen molar-refractivity contribution in [2.75, 3.05) is 11.2 Å². The molecule has 0 aromatic heterocycles. The van der Waals surface area contributed by atoms with Crippen molar-refractivity contribution in [3.63, 3.8) is 0 Å². The smallest absolute Gasteiger partial charge is 0.259 e. The predicted molar refractivity (Wildman–Crippen MR) is 82.9 cm³/mol. The number of carbonyl (C=O) groups is 1. The monoisotopic (exact) mass is 301 g/mol. The van der Waals surface area contributed by atoms with Gasteiger partial charge in [-0.2, -0.15) is 0 Å². The fraction of sp³-hybridized carbons (Fsp3) is 0.0667. The Balaban J connectivity index is 2.04. The number of alkyl halides is 1. The molecule has 0 fully saturated rings. The van der Waals surface area contributed by atoms with Crippen molar-refractivity contribution in [1.29, 1.82) is 0 Å². The number of nitrogens with two attached hydrogens (primary N) is 1. The number of nitrogens with zero attached hydrogens (tertiary/aromatic N) is 1. The number of halogens is 1. The van der Waals surface area contributed by atoms with E-state index in [1.54, 1.807) is 30.3 Å². The first kappa shape index (κ1) is 13.5. The number of hydrogen-bond acceptors (Lipinski definition) is 3. The second-order valence-corrected chi connectivity index (χ2v) is 4.74. The third kappa shape index (κ3) is 2.68. The molecule has 2 aromatic carbocycles. The molecule has 3 rings (SSSR count). The molecule has 0 saturated heterocycles. The molecule has 3 N–H and O–H groups in total. The van der Waals surface area contributed by atoms with Crippen molar-refractivity contribution < 1.29 is 9.53 Å². The minimum absolute atomic E-state index is 0.130. The number of nitrogens with one attached hydrogen (secondary N) is 1. The molecule has 1 aliphatic heterocycles. The molecule has 1 heterocycles. The maximum absolute atomic E-state index is 12.3. The number of rotatable bonds is 2. The van der Waals surface area contributed by atoms with E-state index in [4.69, 9.17) is 22.1 Å². The minimum atomic E-state index is -0.253. The molecule has 0 atom stereocenters. The van der Waals surface area contributed by atoms with Gasteiger partial charge >= 0.3 is 0 Å². The largest absolute Gasteiger partial charge is 0.454 e. The van der Waals surface area contributed by atoms with E-state index < -0.39 is 0 Å². The number of aliphatic imine (C=N–C) groups is 1. The molecule has 6 heteroatoms. The Morgan fingerprint density at radius 3 is 2.86 bits per heavy atom. The maximum atomic E-state index is 12.3. The van der Waals surface area contributed by atoms with Crippen molar-refractivity contribution in [2.24, 2.45) is 10.7 Å². The summed E-state index contributed by atoms with van der Waals surface area (Å²) in [6.07, 6.45) is 0. The van der Waals surface area contributed by atoms with E-state index in [0.717, 1.165) is 0 Å². The molecule has 0 aliphatic carbocycles. The van der Waals surface area contributed by atoms with Gasteiger partial charge in [-0.05, 0) is 30.3 Å². The highest BCUT2D eigenvalue weighted by molar-refractivity contribution is 6.28. The lowest BCUT2D eigenvalue weighted by molar-refractivity contribution is 0.102. The predicted octanol–water partition coefficient (Wildman–Crippen LogP) is 3.27.